The molecule has 0 unspecified atom stereocenters. The van der Waals surface area contributed by atoms with Gasteiger partial charge in [0.2, 0.25) is 0 Å². The molecular formula is C15H19N3. The SMILES string of the molecule is Cc1ccc(N(C)c2cccc(CN)n2)c(C)c1. The van der Waals surface area contributed by atoms with Crippen molar-refractivity contribution in [2.75, 3.05) is 11.9 Å². The molecule has 0 saturated carbocycles. The highest BCUT2D eigenvalue weighted by molar-refractivity contribution is 5.63. The second kappa shape index (κ2) is 5.19. The first-order valence-corrected chi connectivity index (χ1v) is 6.09. The molecule has 1 aromatic heterocycles. The molecular weight excluding hydrogens is 222 g/mol. The number of aromatic nitrogens is 1. The lowest BCUT2D eigenvalue weighted by Crippen LogP contribution is -2.13. The van der Waals surface area contributed by atoms with Gasteiger partial charge in [-0.25, -0.2) is 4.98 Å². The average Bonchev–Trinajstić information content (AvgIpc) is 2.38. The molecule has 1 aromatic carbocycles. The number of pyridine rings is 1. The number of aryl methyl sites for hydroxylation is 2. The van der Waals surface area contributed by atoms with Crippen molar-refractivity contribution in [1.29, 1.82) is 0 Å². The Morgan fingerprint density at radius 2 is 1.94 bits per heavy atom. The molecule has 0 amide bonds. The normalized spacial score (nSPS) is 10.4. The lowest BCUT2D eigenvalue weighted by atomic mass is 10.1. The van der Waals surface area contributed by atoms with Gasteiger partial charge in [-0.1, -0.05) is 23.8 Å². The molecule has 0 aliphatic carbocycles. The summed E-state index contributed by atoms with van der Waals surface area (Å²) in [5, 5.41) is 0. The summed E-state index contributed by atoms with van der Waals surface area (Å²) in [5.74, 6) is 0.921. The highest BCUT2D eigenvalue weighted by Crippen LogP contribution is 2.26. The summed E-state index contributed by atoms with van der Waals surface area (Å²) in [6.07, 6.45) is 0. The molecule has 1 heterocycles. The maximum absolute atomic E-state index is 5.63. The number of nitrogens with zero attached hydrogens (tertiary/aromatic N) is 2. The van der Waals surface area contributed by atoms with Crippen molar-refractivity contribution in [3.63, 3.8) is 0 Å². The third-order valence-electron chi connectivity index (χ3n) is 3.06. The molecule has 0 bridgehead atoms. The van der Waals surface area contributed by atoms with Crippen molar-refractivity contribution in [2.45, 2.75) is 20.4 Å². The van der Waals surface area contributed by atoms with Gasteiger partial charge in [-0.05, 0) is 37.6 Å². The predicted molar refractivity (Wildman–Crippen MR) is 76.1 cm³/mol. The molecule has 2 rings (SSSR count). The van der Waals surface area contributed by atoms with Crippen LogP contribution in [0.5, 0.6) is 0 Å². The van der Waals surface area contributed by atoms with Crippen molar-refractivity contribution in [1.82, 2.24) is 4.98 Å². The Bertz CT molecular complexity index is 549. The Morgan fingerprint density at radius 1 is 1.17 bits per heavy atom. The maximum atomic E-state index is 5.63. The monoisotopic (exact) mass is 241 g/mol. The van der Waals surface area contributed by atoms with Crippen LogP contribution in [0.25, 0.3) is 0 Å². The summed E-state index contributed by atoms with van der Waals surface area (Å²) >= 11 is 0. The topological polar surface area (TPSA) is 42.1 Å². The standard InChI is InChI=1S/C15H19N3/c1-11-7-8-14(12(2)9-11)18(3)15-6-4-5-13(10-16)17-15/h4-9H,10,16H2,1-3H3. The minimum atomic E-state index is 0.467. The number of hydrogen-bond acceptors (Lipinski definition) is 3. The van der Waals surface area contributed by atoms with Crippen LogP contribution in [0.15, 0.2) is 36.4 Å². The van der Waals surface area contributed by atoms with E-state index in [1.807, 2.05) is 25.2 Å². The van der Waals surface area contributed by atoms with Crippen LogP contribution in [0.2, 0.25) is 0 Å². The summed E-state index contributed by atoms with van der Waals surface area (Å²) in [7, 11) is 2.03. The van der Waals surface area contributed by atoms with Crippen molar-refractivity contribution < 1.29 is 0 Å². The first-order valence-electron chi connectivity index (χ1n) is 6.09. The van der Waals surface area contributed by atoms with E-state index in [1.165, 1.54) is 16.8 Å². The highest BCUT2D eigenvalue weighted by Gasteiger charge is 2.08. The molecule has 0 saturated heterocycles. The Kier molecular flexibility index (Phi) is 3.63. The van der Waals surface area contributed by atoms with Gasteiger partial charge in [-0.15, -0.1) is 0 Å². The van der Waals surface area contributed by atoms with Gasteiger partial charge < -0.3 is 10.6 Å². The first kappa shape index (κ1) is 12.6. The van der Waals surface area contributed by atoms with Gasteiger partial charge in [0.15, 0.2) is 0 Å². The Labute approximate surface area is 108 Å². The van der Waals surface area contributed by atoms with Gasteiger partial charge >= 0.3 is 0 Å². The van der Waals surface area contributed by atoms with Gasteiger partial charge in [0.1, 0.15) is 5.82 Å². The number of nitrogens with two attached hydrogens (primary N) is 1. The summed E-state index contributed by atoms with van der Waals surface area (Å²) in [6.45, 7) is 4.68. The lowest BCUT2D eigenvalue weighted by molar-refractivity contribution is 0.972. The predicted octanol–water partition coefficient (Wildman–Crippen LogP) is 2.93. The van der Waals surface area contributed by atoms with Crippen LogP contribution >= 0.6 is 0 Å². The summed E-state index contributed by atoms with van der Waals surface area (Å²) < 4.78 is 0. The first-order chi connectivity index (χ1) is 8.61. The van der Waals surface area contributed by atoms with E-state index in [-0.39, 0.29) is 0 Å². The van der Waals surface area contributed by atoms with E-state index >= 15 is 0 Å². The van der Waals surface area contributed by atoms with Crippen molar-refractivity contribution in [3.05, 3.63) is 53.2 Å². The zero-order valence-electron chi connectivity index (χ0n) is 11.1. The van der Waals surface area contributed by atoms with Gasteiger partial charge in [-0.3, -0.25) is 0 Å². The van der Waals surface area contributed by atoms with Gasteiger partial charge in [0, 0.05) is 19.3 Å². The lowest BCUT2D eigenvalue weighted by Gasteiger charge is -2.21. The number of hydrogen-bond donors (Lipinski definition) is 1. The molecule has 0 spiro atoms. The van der Waals surface area contributed by atoms with E-state index in [2.05, 4.69) is 41.9 Å². The Balaban J connectivity index is 2.37. The minimum absolute atomic E-state index is 0.467. The fourth-order valence-corrected chi connectivity index (χ4v) is 2.07. The van der Waals surface area contributed by atoms with E-state index in [0.29, 0.717) is 6.54 Å². The second-order valence-electron chi connectivity index (χ2n) is 4.54. The number of benzene rings is 1. The Hall–Kier alpha value is -1.87. The molecule has 18 heavy (non-hydrogen) atoms. The van der Waals surface area contributed by atoms with Crippen LogP contribution in [0.3, 0.4) is 0 Å². The minimum Gasteiger partial charge on any atom is -0.329 e. The largest absolute Gasteiger partial charge is 0.329 e. The molecule has 0 radical (unpaired) electrons. The zero-order valence-corrected chi connectivity index (χ0v) is 11.1. The van der Waals surface area contributed by atoms with E-state index < -0.39 is 0 Å². The molecule has 0 aliphatic rings. The molecule has 3 nitrogen and oxygen atoms in total. The van der Waals surface area contributed by atoms with Crippen LogP contribution in [0.1, 0.15) is 16.8 Å². The quantitative estimate of drug-likeness (QED) is 0.898. The summed E-state index contributed by atoms with van der Waals surface area (Å²) in [5.41, 5.74) is 10.2. The van der Waals surface area contributed by atoms with Crippen LogP contribution in [-0.4, -0.2) is 12.0 Å². The van der Waals surface area contributed by atoms with E-state index in [0.717, 1.165) is 11.5 Å². The fourth-order valence-electron chi connectivity index (χ4n) is 2.07. The van der Waals surface area contributed by atoms with Crippen LogP contribution in [0, 0.1) is 13.8 Å². The van der Waals surface area contributed by atoms with Crippen LogP contribution in [-0.2, 0) is 6.54 Å². The molecule has 0 aliphatic heterocycles. The van der Waals surface area contributed by atoms with Crippen molar-refractivity contribution >= 4 is 11.5 Å². The molecule has 2 aromatic rings. The van der Waals surface area contributed by atoms with E-state index in [1.54, 1.807) is 0 Å². The zero-order chi connectivity index (χ0) is 13.1. The third-order valence-corrected chi connectivity index (χ3v) is 3.06. The van der Waals surface area contributed by atoms with Gasteiger partial charge in [0.05, 0.1) is 5.69 Å². The highest BCUT2D eigenvalue weighted by atomic mass is 15.2. The Morgan fingerprint density at radius 3 is 2.61 bits per heavy atom. The molecule has 0 atom stereocenters. The molecule has 2 N–H and O–H groups in total. The summed E-state index contributed by atoms with van der Waals surface area (Å²) in [6, 6.07) is 12.4. The van der Waals surface area contributed by atoms with Gasteiger partial charge in [-0.2, -0.15) is 0 Å². The fraction of sp³-hybridized carbons (Fsp3) is 0.267. The van der Waals surface area contributed by atoms with Gasteiger partial charge in [0.25, 0.3) is 0 Å². The van der Waals surface area contributed by atoms with Crippen molar-refractivity contribution in [3.8, 4) is 0 Å². The van der Waals surface area contributed by atoms with E-state index in [9.17, 15) is 0 Å². The van der Waals surface area contributed by atoms with E-state index in [4.69, 9.17) is 5.73 Å². The van der Waals surface area contributed by atoms with Crippen molar-refractivity contribution in [2.24, 2.45) is 5.73 Å². The maximum Gasteiger partial charge on any atom is 0.133 e. The summed E-state index contributed by atoms with van der Waals surface area (Å²) in [4.78, 5) is 6.62. The second-order valence-corrected chi connectivity index (χ2v) is 4.54. The van der Waals surface area contributed by atoms with Crippen LogP contribution < -0.4 is 10.6 Å². The smallest absolute Gasteiger partial charge is 0.133 e. The molecule has 0 fully saturated rings. The average molecular weight is 241 g/mol. The third kappa shape index (κ3) is 2.51. The van der Waals surface area contributed by atoms with Crippen LogP contribution in [0.4, 0.5) is 11.5 Å². The number of anilines is 2. The molecule has 94 valence electrons. The number of rotatable bonds is 3. The molecule has 3 heteroatoms.